The minimum atomic E-state index is 0.535. The summed E-state index contributed by atoms with van der Waals surface area (Å²) in [5.74, 6) is 0. The Labute approximate surface area is 58.4 Å². The minimum Gasteiger partial charge on any atom is -0.325 e. The van der Waals surface area contributed by atoms with Crippen LogP contribution in [0.4, 0.5) is 0 Å². The average molecular weight is 143 g/mol. The van der Waals surface area contributed by atoms with Crippen LogP contribution >= 0.6 is 11.8 Å². The van der Waals surface area contributed by atoms with Crippen LogP contribution in [0.2, 0.25) is 0 Å². The van der Waals surface area contributed by atoms with E-state index in [9.17, 15) is 0 Å². The van der Waals surface area contributed by atoms with Gasteiger partial charge in [0.15, 0.2) is 5.17 Å². The minimum absolute atomic E-state index is 0.535. The number of hydrogen-bond acceptors (Lipinski definition) is 4. The van der Waals surface area contributed by atoms with Crippen molar-refractivity contribution in [3.8, 4) is 0 Å². The van der Waals surface area contributed by atoms with Crippen LogP contribution in [-0.2, 0) is 0 Å². The molecule has 0 amide bonds. The highest BCUT2D eigenvalue weighted by atomic mass is 32.2. The number of nitrogens with zero attached hydrogens (tertiary/aromatic N) is 2. The van der Waals surface area contributed by atoms with Gasteiger partial charge in [-0.05, 0) is 6.26 Å². The van der Waals surface area contributed by atoms with Gasteiger partial charge in [-0.2, -0.15) is 0 Å². The van der Waals surface area contributed by atoms with Gasteiger partial charge in [0.1, 0.15) is 0 Å². The lowest BCUT2D eigenvalue weighted by Crippen LogP contribution is -2.14. The quantitative estimate of drug-likeness (QED) is 0.566. The molecular formula is C5H9N3S. The van der Waals surface area contributed by atoms with Crippen LogP contribution in [0.15, 0.2) is 9.98 Å². The molecule has 1 aliphatic rings. The Hall–Kier alpha value is -0.350. The van der Waals surface area contributed by atoms with Gasteiger partial charge < -0.3 is 5.73 Å². The zero-order chi connectivity index (χ0) is 6.69. The van der Waals surface area contributed by atoms with Crippen LogP contribution in [0.5, 0.6) is 0 Å². The Morgan fingerprint density at radius 2 is 2.56 bits per heavy atom. The number of rotatable bonds is 1. The van der Waals surface area contributed by atoms with Crippen LogP contribution in [0.3, 0.4) is 0 Å². The molecule has 1 rings (SSSR count). The molecule has 3 nitrogen and oxygen atoms in total. The van der Waals surface area contributed by atoms with Gasteiger partial charge in [-0.25, -0.2) is 4.99 Å². The first kappa shape index (κ1) is 6.77. The molecule has 1 aliphatic heterocycles. The number of hydrogen-bond donors (Lipinski definition) is 1. The molecule has 50 valence electrons. The van der Waals surface area contributed by atoms with E-state index in [0.29, 0.717) is 13.1 Å². The predicted molar refractivity (Wildman–Crippen MR) is 42.3 cm³/mol. The van der Waals surface area contributed by atoms with E-state index >= 15 is 0 Å². The van der Waals surface area contributed by atoms with Crippen molar-refractivity contribution in [1.29, 1.82) is 0 Å². The van der Waals surface area contributed by atoms with E-state index in [-0.39, 0.29) is 0 Å². The van der Waals surface area contributed by atoms with Crippen molar-refractivity contribution in [3.05, 3.63) is 0 Å². The third kappa shape index (κ3) is 1.53. The van der Waals surface area contributed by atoms with E-state index in [0.717, 1.165) is 10.9 Å². The second-order valence-corrected chi connectivity index (χ2v) is 2.46. The van der Waals surface area contributed by atoms with Gasteiger partial charge in [-0.15, -0.1) is 0 Å². The maximum Gasteiger partial charge on any atom is 0.183 e. The van der Waals surface area contributed by atoms with E-state index in [2.05, 4.69) is 9.98 Å². The van der Waals surface area contributed by atoms with Crippen molar-refractivity contribution in [2.75, 3.05) is 19.3 Å². The molecule has 0 bridgehead atoms. The van der Waals surface area contributed by atoms with E-state index in [1.807, 2.05) is 6.26 Å². The normalized spacial score (nSPS) is 17.6. The molecule has 0 saturated heterocycles. The van der Waals surface area contributed by atoms with Crippen molar-refractivity contribution >= 4 is 22.6 Å². The molecule has 0 saturated carbocycles. The molecule has 1 heterocycles. The summed E-state index contributed by atoms with van der Waals surface area (Å²) < 4.78 is 0. The second kappa shape index (κ2) is 2.98. The lowest BCUT2D eigenvalue weighted by Gasteiger charge is -1.86. The molecule has 0 aromatic heterocycles. The summed E-state index contributed by atoms with van der Waals surface area (Å²) in [7, 11) is 0. The summed E-state index contributed by atoms with van der Waals surface area (Å²) >= 11 is 1.56. The molecule has 0 atom stereocenters. The van der Waals surface area contributed by atoms with Gasteiger partial charge in [0, 0.05) is 6.54 Å². The zero-order valence-electron chi connectivity index (χ0n) is 5.29. The molecule has 0 aromatic carbocycles. The van der Waals surface area contributed by atoms with Crippen LogP contribution in [0.25, 0.3) is 0 Å². The van der Waals surface area contributed by atoms with Crippen LogP contribution in [-0.4, -0.2) is 30.2 Å². The van der Waals surface area contributed by atoms with Crippen LogP contribution in [0, 0.1) is 0 Å². The smallest absolute Gasteiger partial charge is 0.183 e. The molecule has 0 spiro atoms. The molecule has 4 heteroatoms. The van der Waals surface area contributed by atoms with Crippen molar-refractivity contribution in [3.63, 3.8) is 0 Å². The summed E-state index contributed by atoms with van der Waals surface area (Å²) in [6.45, 7) is 1.24. The number of aliphatic imine (C=N–C) groups is 2. The Bertz CT molecular complexity index is 162. The van der Waals surface area contributed by atoms with Crippen molar-refractivity contribution in [2.45, 2.75) is 0 Å². The SMILES string of the molecule is CSC1=NCC(CN)=N1. The molecule has 9 heavy (non-hydrogen) atoms. The lowest BCUT2D eigenvalue weighted by atomic mass is 10.4. The van der Waals surface area contributed by atoms with E-state index < -0.39 is 0 Å². The third-order valence-corrected chi connectivity index (χ3v) is 1.65. The van der Waals surface area contributed by atoms with Gasteiger partial charge in [-0.3, -0.25) is 4.99 Å². The molecule has 0 aromatic rings. The third-order valence-electron chi connectivity index (χ3n) is 1.07. The van der Waals surface area contributed by atoms with Gasteiger partial charge in [0.25, 0.3) is 0 Å². The van der Waals surface area contributed by atoms with E-state index in [1.54, 1.807) is 11.8 Å². The fourth-order valence-electron chi connectivity index (χ4n) is 0.585. The largest absolute Gasteiger partial charge is 0.325 e. The van der Waals surface area contributed by atoms with Crippen molar-refractivity contribution in [1.82, 2.24) is 0 Å². The zero-order valence-corrected chi connectivity index (χ0v) is 6.11. The van der Waals surface area contributed by atoms with E-state index in [1.165, 1.54) is 0 Å². The van der Waals surface area contributed by atoms with Crippen molar-refractivity contribution < 1.29 is 0 Å². The standard InChI is InChI=1S/C5H9N3S/c1-9-5-7-3-4(2-6)8-5/h2-3,6H2,1H3. The maximum absolute atomic E-state index is 5.34. The van der Waals surface area contributed by atoms with Crippen LogP contribution in [0.1, 0.15) is 0 Å². The first-order valence-electron chi connectivity index (χ1n) is 2.71. The van der Waals surface area contributed by atoms with Gasteiger partial charge >= 0.3 is 0 Å². The topological polar surface area (TPSA) is 50.7 Å². The lowest BCUT2D eigenvalue weighted by molar-refractivity contribution is 1.24. The maximum atomic E-state index is 5.34. The molecule has 0 aliphatic carbocycles. The Morgan fingerprint density at radius 3 is 2.89 bits per heavy atom. The van der Waals surface area contributed by atoms with Gasteiger partial charge in [0.05, 0.1) is 12.3 Å². The molecular weight excluding hydrogens is 134 g/mol. The fourth-order valence-corrected chi connectivity index (χ4v) is 0.999. The second-order valence-electron chi connectivity index (χ2n) is 1.69. The monoisotopic (exact) mass is 143 g/mol. The summed E-state index contributed by atoms with van der Waals surface area (Å²) in [5.41, 5.74) is 6.32. The Balaban J connectivity index is 2.52. The highest BCUT2D eigenvalue weighted by Gasteiger charge is 2.05. The Kier molecular flexibility index (Phi) is 2.24. The summed E-state index contributed by atoms with van der Waals surface area (Å²) in [6.07, 6.45) is 1.96. The average Bonchev–Trinajstić information content (AvgIpc) is 2.34. The first-order chi connectivity index (χ1) is 4.36. The Morgan fingerprint density at radius 1 is 1.78 bits per heavy atom. The number of amidine groups is 1. The summed E-state index contributed by atoms with van der Waals surface area (Å²) in [4.78, 5) is 8.23. The van der Waals surface area contributed by atoms with E-state index in [4.69, 9.17) is 5.73 Å². The highest BCUT2D eigenvalue weighted by Crippen LogP contribution is 2.05. The molecule has 0 radical (unpaired) electrons. The summed E-state index contributed by atoms with van der Waals surface area (Å²) in [5, 5.41) is 0.857. The number of thioether (sulfide) groups is 1. The first-order valence-corrected chi connectivity index (χ1v) is 3.94. The highest BCUT2D eigenvalue weighted by molar-refractivity contribution is 8.13. The van der Waals surface area contributed by atoms with Crippen molar-refractivity contribution in [2.24, 2.45) is 15.7 Å². The molecule has 0 unspecified atom stereocenters. The summed E-state index contributed by atoms with van der Waals surface area (Å²) in [6, 6.07) is 0. The van der Waals surface area contributed by atoms with Gasteiger partial charge in [-0.1, -0.05) is 11.8 Å². The van der Waals surface area contributed by atoms with Gasteiger partial charge in [0.2, 0.25) is 0 Å². The molecule has 0 fully saturated rings. The predicted octanol–water partition coefficient (Wildman–Crippen LogP) is 0.119. The fraction of sp³-hybridized carbons (Fsp3) is 0.600. The van der Waals surface area contributed by atoms with Crippen LogP contribution < -0.4 is 5.73 Å². The molecule has 2 N–H and O–H groups in total. The number of nitrogens with two attached hydrogens (primary N) is 1.